The van der Waals surface area contributed by atoms with Crippen LogP contribution >= 0.6 is 0 Å². The molecule has 2 aromatic rings. The summed E-state index contributed by atoms with van der Waals surface area (Å²) in [5.41, 5.74) is 1.28. The zero-order valence-electron chi connectivity index (χ0n) is 17.0. The second-order valence-electron chi connectivity index (χ2n) is 7.53. The molecule has 30 heavy (non-hydrogen) atoms. The van der Waals surface area contributed by atoms with Crippen molar-refractivity contribution in [2.45, 2.75) is 32.2 Å². The molecule has 0 radical (unpaired) electrons. The fourth-order valence-corrected chi connectivity index (χ4v) is 3.69. The summed E-state index contributed by atoms with van der Waals surface area (Å²) in [6, 6.07) is 15.7. The third kappa shape index (κ3) is 5.59. The fraction of sp³-hybridized carbons (Fsp3) is 0.348. The van der Waals surface area contributed by atoms with E-state index in [1.54, 1.807) is 23.1 Å². The third-order valence-corrected chi connectivity index (χ3v) is 5.34. The molecule has 3 rings (SSSR count). The van der Waals surface area contributed by atoms with Crippen LogP contribution in [0.2, 0.25) is 0 Å². The number of carbonyl (C=O) groups is 3. The summed E-state index contributed by atoms with van der Waals surface area (Å²) in [6.45, 7) is 2.41. The zero-order valence-corrected chi connectivity index (χ0v) is 17.0. The summed E-state index contributed by atoms with van der Waals surface area (Å²) in [7, 11) is 0. The van der Waals surface area contributed by atoms with E-state index in [2.05, 4.69) is 10.6 Å². The van der Waals surface area contributed by atoms with Gasteiger partial charge in [0.1, 0.15) is 5.75 Å². The van der Waals surface area contributed by atoms with Gasteiger partial charge in [0.05, 0.1) is 18.2 Å². The molecule has 1 aliphatic heterocycles. The summed E-state index contributed by atoms with van der Waals surface area (Å²) >= 11 is 0. The Hall–Kier alpha value is -3.35. The Kier molecular flexibility index (Phi) is 7.06. The van der Waals surface area contributed by atoms with E-state index >= 15 is 0 Å². The number of hydrogen-bond donors (Lipinski definition) is 3. The second-order valence-corrected chi connectivity index (χ2v) is 7.53. The normalized spacial score (nSPS) is 15.3. The maximum atomic E-state index is 12.8. The molecule has 0 spiro atoms. The number of para-hydroxylation sites is 2. The van der Waals surface area contributed by atoms with E-state index in [9.17, 15) is 19.5 Å². The van der Waals surface area contributed by atoms with Crippen molar-refractivity contribution in [2.24, 2.45) is 5.92 Å². The quantitative estimate of drug-likeness (QED) is 0.639. The molecule has 0 aliphatic carbocycles. The Morgan fingerprint density at radius 1 is 1.03 bits per heavy atom. The number of phenols is 1. The van der Waals surface area contributed by atoms with Gasteiger partial charge in [-0.15, -0.1) is 0 Å². The van der Waals surface area contributed by atoms with Crippen molar-refractivity contribution in [2.75, 3.05) is 18.4 Å². The van der Waals surface area contributed by atoms with Crippen molar-refractivity contribution in [3.05, 3.63) is 60.2 Å². The topological polar surface area (TPSA) is 98.7 Å². The van der Waals surface area contributed by atoms with Crippen molar-refractivity contribution >= 4 is 23.4 Å². The van der Waals surface area contributed by atoms with Crippen molar-refractivity contribution in [1.29, 1.82) is 0 Å². The Labute approximate surface area is 176 Å². The molecule has 1 aliphatic rings. The minimum Gasteiger partial charge on any atom is -0.506 e. The van der Waals surface area contributed by atoms with Crippen LogP contribution in [0, 0.1) is 5.92 Å². The summed E-state index contributed by atoms with van der Waals surface area (Å²) < 4.78 is 0. The molecular weight excluding hydrogens is 382 g/mol. The van der Waals surface area contributed by atoms with E-state index in [1.165, 1.54) is 13.0 Å². The number of aromatic hydroxyl groups is 1. The maximum absolute atomic E-state index is 12.8. The highest BCUT2D eigenvalue weighted by molar-refractivity contribution is 5.94. The Morgan fingerprint density at radius 3 is 2.30 bits per heavy atom. The SMILES string of the molecule is CC(=O)N[C@H](CC(=O)N1CCC(C(=O)Nc2ccccc2O)CC1)c1ccccc1. The average molecular weight is 409 g/mol. The van der Waals surface area contributed by atoms with Gasteiger partial charge in [-0.05, 0) is 30.5 Å². The number of carbonyl (C=O) groups excluding carboxylic acids is 3. The second kappa shape index (κ2) is 9.91. The lowest BCUT2D eigenvalue weighted by atomic mass is 9.95. The van der Waals surface area contributed by atoms with Gasteiger partial charge in [0.2, 0.25) is 17.7 Å². The molecule has 7 nitrogen and oxygen atoms in total. The van der Waals surface area contributed by atoms with Gasteiger partial charge in [-0.3, -0.25) is 14.4 Å². The Bertz CT molecular complexity index is 892. The van der Waals surface area contributed by atoms with Crippen LogP contribution in [0.5, 0.6) is 5.75 Å². The van der Waals surface area contributed by atoms with E-state index in [4.69, 9.17) is 0 Å². The summed E-state index contributed by atoms with van der Waals surface area (Å²) in [5.74, 6) is -0.560. The standard InChI is InChI=1S/C23H27N3O4/c1-16(27)24-20(17-7-3-2-4-8-17)15-22(29)26-13-11-18(12-14-26)23(30)25-19-9-5-6-10-21(19)28/h2-10,18,20,28H,11-15H2,1H3,(H,24,27)(H,25,30)/t20-/m1/s1. The minimum absolute atomic E-state index is 0.0309. The van der Waals surface area contributed by atoms with Gasteiger partial charge < -0.3 is 20.6 Å². The third-order valence-electron chi connectivity index (χ3n) is 5.34. The molecule has 7 heteroatoms. The van der Waals surface area contributed by atoms with Crippen LogP contribution in [0.4, 0.5) is 5.69 Å². The van der Waals surface area contributed by atoms with Crippen LogP contribution in [0.15, 0.2) is 54.6 Å². The lowest BCUT2D eigenvalue weighted by Gasteiger charge is -2.32. The number of amides is 3. The molecule has 3 amide bonds. The van der Waals surface area contributed by atoms with Gasteiger partial charge in [-0.1, -0.05) is 42.5 Å². The molecule has 2 aromatic carbocycles. The van der Waals surface area contributed by atoms with Crippen LogP contribution in [0.3, 0.4) is 0 Å². The number of benzene rings is 2. The smallest absolute Gasteiger partial charge is 0.227 e. The van der Waals surface area contributed by atoms with Gasteiger partial charge >= 0.3 is 0 Å². The summed E-state index contributed by atoms with van der Waals surface area (Å²) in [6.07, 6.45) is 1.29. The van der Waals surface area contributed by atoms with Crippen LogP contribution in [0.25, 0.3) is 0 Å². The first-order valence-electron chi connectivity index (χ1n) is 10.1. The molecule has 1 heterocycles. The van der Waals surface area contributed by atoms with Gasteiger partial charge in [-0.25, -0.2) is 0 Å². The van der Waals surface area contributed by atoms with Gasteiger partial charge in [-0.2, -0.15) is 0 Å². The van der Waals surface area contributed by atoms with E-state index in [1.807, 2.05) is 30.3 Å². The number of phenolic OH excluding ortho intramolecular Hbond substituents is 1. The predicted octanol–water partition coefficient (Wildman–Crippen LogP) is 2.84. The Morgan fingerprint density at radius 2 is 1.67 bits per heavy atom. The van der Waals surface area contributed by atoms with Crippen molar-refractivity contribution < 1.29 is 19.5 Å². The van der Waals surface area contributed by atoms with Crippen molar-refractivity contribution in [3.63, 3.8) is 0 Å². The van der Waals surface area contributed by atoms with Gasteiger partial charge in [0.15, 0.2) is 0 Å². The molecule has 0 aromatic heterocycles. The molecule has 1 fully saturated rings. The van der Waals surface area contributed by atoms with Crippen molar-refractivity contribution in [3.8, 4) is 5.75 Å². The summed E-state index contributed by atoms with van der Waals surface area (Å²) in [4.78, 5) is 38.7. The minimum atomic E-state index is -0.377. The monoisotopic (exact) mass is 409 g/mol. The van der Waals surface area contributed by atoms with Crippen LogP contribution in [-0.4, -0.2) is 40.8 Å². The van der Waals surface area contributed by atoms with E-state index in [0.29, 0.717) is 31.6 Å². The lowest BCUT2D eigenvalue weighted by Crippen LogP contribution is -2.43. The van der Waals surface area contributed by atoms with Gasteiger partial charge in [0.25, 0.3) is 0 Å². The number of rotatable bonds is 6. The molecule has 0 saturated carbocycles. The molecule has 1 saturated heterocycles. The number of piperidine rings is 1. The molecule has 1 atom stereocenters. The van der Waals surface area contributed by atoms with E-state index in [-0.39, 0.29) is 41.9 Å². The highest BCUT2D eigenvalue weighted by Crippen LogP contribution is 2.26. The van der Waals surface area contributed by atoms with E-state index < -0.39 is 0 Å². The van der Waals surface area contributed by atoms with E-state index in [0.717, 1.165) is 5.56 Å². The number of nitrogens with zero attached hydrogens (tertiary/aromatic N) is 1. The number of likely N-dealkylation sites (tertiary alicyclic amines) is 1. The van der Waals surface area contributed by atoms with Crippen LogP contribution < -0.4 is 10.6 Å². The predicted molar refractivity (Wildman–Crippen MR) is 114 cm³/mol. The molecule has 0 bridgehead atoms. The number of hydrogen-bond acceptors (Lipinski definition) is 4. The first-order valence-corrected chi connectivity index (χ1v) is 10.1. The highest BCUT2D eigenvalue weighted by Gasteiger charge is 2.29. The van der Waals surface area contributed by atoms with Gasteiger partial charge in [0, 0.05) is 25.9 Å². The largest absolute Gasteiger partial charge is 0.506 e. The highest BCUT2D eigenvalue weighted by atomic mass is 16.3. The maximum Gasteiger partial charge on any atom is 0.227 e. The number of nitrogens with one attached hydrogen (secondary N) is 2. The number of anilines is 1. The Balaban J connectivity index is 1.54. The van der Waals surface area contributed by atoms with Crippen LogP contribution in [-0.2, 0) is 14.4 Å². The zero-order chi connectivity index (χ0) is 21.5. The fourth-order valence-electron chi connectivity index (χ4n) is 3.69. The lowest BCUT2D eigenvalue weighted by molar-refractivity contribution is -0.135. The molecule has 0 unspecified atom stereocenters. The van der Waals surface area contributed by atoms with Crippen molar-refractivity contribution in [1.82, 2.24) is 10.2 Å². The first kappa shape index (κ1) is 21.4. The van der Waals surface area contributed by atoms with Crippen LogP contribution in [0.1, 0.15) is 37.8 Å². The average Bonchev–Trinajstić information content (AvgIpc) is 2.75. The summed E-state index contributed by atoms with van der Waals surface area (Å²) in [5, 5.41) is 15.4. The first-order chi connectivity index (χ1) is 14.4. The molecular formula is C23H27N3O4. The molecule has 158 valence electrons. The molecule has 3 N–H and O–H groups in total.